The predicted molar refractivity (Wildman–Crippen MR) is 83.2 cm³/mol. The third kappa shape index (κ3) is 3.40. The Labute approximate surface area is 123 Å². The van der Waals surface area contributed by atoms with Crippen LogP contribution >= 0.6 is 0 Å². The van der Waals surface area contributed by atoms with Gasteiger partial charge in [-0.3, -0.25) is 4.79 Å². The molecule has 0 saturated heterocycles. The molecule has 3 aromatic rings. The Morgan fingerprint density at radius 3 is 2.86 bits per heavy atom. The third-order valence-electron chi connectivity index (χ3n) is 3.80. The van der Waals surface area contributed by atoms with Gasteiger partial charge in [0.15, 0.2) is 0 Å². The quantitative estimate of drug-likeness (QED) is 0.697. The van der Waals surface area contributed by atoms with Gasteiger partial charge in [0.1, 0.15) is 5.78 Å². The zero-order chi connectivity index (χ0) is 14.5. The highest BCUT2D eigenvalue weighted by Gasteiger charge is 2.06. The van der Waals surface area contributed by atoms with Crippen LogP contribution in [0.25, 0.3) is 10.9 Å². The van der Waals surface area contributed by atoms with Crippen LogP contribution in [0.1, 0.15) is 30.5 Å². The van der Waals surface area contributed by atoms with Gasteiger partial charge in [-0.25, -0.2) is 4.98 Å². The summed E-state index contributed by atoms with van der Waals surface area (Å²) in [6, 6.07) is 8.28. The summed E-state index contributed by atoms with van der Waals surface area (Å²) >= 11 is 0. The molecule has 0 aliphatic heterocycles. The average Bonchev–Trinajstić information content (AvgIpc) is 3.15. The van der Waals surface area contributed by atoms with Gasteiger partial charge < -0.3 is 9.97 Å². The van der Waals surface area contributed by atoms with Crippen molar-refractivity contribution in [3.63, 3.8) is 0 Å². The lowest BCUT2D eigenvalue weighted by Crippen LogP contribution is -2.01. The normalized spacial score (nSPS) is 11.0. The molecule has 0 bridgehead atoms. The van der Waals surface area contributed by atoms with Crippen molar-refractivity contribution in [3.8, 4) is 0 Å². The van der Waals surface area contributed by atoms with Crippen molar-refractivity contribution in [2.45, 2.75) is 32.1 Å². The molecule has 0 spiro atoms. The average molecular weight is 281 g/mol. The number of aromatic amines is 2. The lowest BCUT2D eigenvalue weighted by atomic mass is 10.0. The molecule has 2 N–H and O–H groups in total. The molecule has 1 aromatic carbocycles. The maximum atomic E-state index is 11.9. The van der Waals surface area contributed by atoms with Crippen molar-refractivity contribution >= 4 is 16.7 Å². The lowest BCUT2D eigenvalue weighted by Gasteiger charge is -2.01. The van der Waals surface area contributed by atoms with Crippen LogP contribution in [0.5, 0.6) is 0 Å². The standard InChI is InChI=1S/C17H19N3O/c21-15(9-8-14-11-18-12-20-14)5-3-4-13-10-19-17-7-2-1-6-16(13)17/h1-2,6-7,10-12,19H,3-5,8-9H2,(H,18,20). The second-order valence-corrected chi connectivity index (χ2v) is 5.33. The van der Waals surface area contributed by atoms with Gasteiger partial charge in [0.2, 0.25) is 0 Å². The van der Waals surface area contributed by atoms with Gasteiger partial charge in [0.05, 0.1) is 6.33 Å². The number of para-hydroxylation sites is 1. The van der Waals surface area contributed by atoms with Crippen molar-refractivity contribution < 1.29 is 4.79 Å². The summed E-state index contributed by atoms with van der Waals surface area (Å²) in [7, 11) is 0. The SMILES string of the molecule is O=C(CCCc1c[nH]c2ccccc12)CCc1cnc[nH]1. The van der Waals surface area contributed by atoms with E-state index in [4.69, 9.17) is 0 Å². The number of fused-ring (bicyclic) bond motifs is 1. The number of rotatable bonds is 7. The smallest absolute Gasteiger partial charge is 0.133 e. The summed E-state index contributed by atoms with van der Waals surface area (Å²) in [5.41, 5.74) is 3.49. The van der Waals surface area contributed by atoms with Crippen molar-refractivity contribution in [2.75, 3.05) is 0 Å². The molecular formula is C17H19N3O. The van der Waals surface area contributed by atoms with E-state index < -0.39 is 0 Å². The summed E-state index contributed by atoms with van der Waals surface area (Å²) < 4.78 is 0. The summed E-state index contributed by atoms with van der Waals surface area (Å²) in [4.78, 5) is 22.1. The van der Waals surface area contributed by atoms with Crippen LogP contribution < -0.4 is 0 Å². The van der Waals surface area contributed by atoms with E-state index in [0.29, 0.717) is 18.6 Å². The number of Topliss-reactive ketones (excluding diaryl/α,β-unsaturated/α-hetero) is 1. The van der Waals surface area contributed by atoms with Gasteiger partial charge in [-0.2, -0.15) is 0 Å². The first kappa shape index (κ1) is 13.6. The number of ketones is 1. The molecule has 108 valence electrons. The van der Waals surface area contributed by atoms with E-state index in [9.17, 15) is 4.79 Å². The molecule has 0 unspecified atom stereocenters. The number of hydrogen-bond donors (Lipinski definition) is 2. The number of H-pyrrole nitrogens is 2. The summed E-state index contributed by atoms with van der Waals surface area (Å²) in [6.07, 6.45) is 9.33. The van der Waals surface area contributed by atoms with Gasteiger partial charge in [-0.15, -0.1) is 0 Å². The van der Waals surface area contributed by atoms with Crippen molar-refractivity contribution in [1.82, 2.24) is 15.0 Å². The van der Waals surface area contributed by atoms with Crippen LogP contribution in [0.2, 0.25) is 0 Å². The van der Waals surface area contributed by atoms with Gasteiger partial charge >= 0.3 is 0 Å². The van der Waals surface area contributed by atoms with Gasteiger partial charge in [-0.1, -0.05) is 18.2 Å². The van der Waals surface area contributed by atoms with E-state index in [1.807, 2.05) is 6.07 Å². The van der Waals surface area contributed by atoms with Crippen molar-refractivity contribution in [1.29, 1.82) is 0 Å². The Morgan fingerprint density at radius 2 is 2.00 bits per heavy atom. The van der Waals surface area contributed by atoms with Crippen LogP contribution in [-0.2, 0) is 17.6 Å². The van der Waals surface area contributed by atoms with E-state index in [2.05, 4.69) is 39.3 Å². The number of nitrogens with zero attached hydrogens (tertiary/aromatic N) is 1. The highest BCUT2D eigenvalue weighted by Crippen LogP contribution is 2.19. The van der Waals surface area contributed by atoms with E-state index in [0.717, 1.165) is 30.5 Å². The summed E-state index contributed by atoms with van der Waals surface area (Å²) in [5.74, 6) is 0.324. The molecule has 2 aromatic heterocycles. The monoisotopic (exact) mass is 281 g/mol. The molecule has 4 heteroatoms. The second-order valence-electron chi connectivity index (χ2n) is 5.33. The number of carbonyl (C=O) groups excluding carboxylic acids is 1. The van der Waals surface area contributed by atoms with E-state index in [-0.39, 0.29) is 0 Å². The fourth-order valence-corrected chi connectivity index (χ4v) is 2.63. The summed E-state index contributed by atoms with van der Waals surface area (Å²) in [6.45, 7) is 0. The zero-order valence-electron chi connectivity index (χ0n) is 11.9. The Hall–Kier alpha value is -2.36. The molecular weight excluding hydrogens is 262 g/mol. The minimum absolute atomic E-state index is 0.324. The van der Waals surface area contributed by atoms with Crippen LogP contribution in [0.3, 0.4) is 0 Å². The fourth-order valence-electron chi connectivity index (χ4n) is 2.63. The number of carbonyl (C=O) groups is 1. The summed E-state index contributed by atoms with van der Waals surface area (Å²) in [5, 5.41) is 1.27. The van der Waals surface area contributed by atoms with Crippen LogP contribution in [0.15, 0.2) is 43.0 Å². The number of aryl methyl sites for hydroxylation is 2. The predicted octanol–water partition coefficient (Wildman–Crippen LogP) is 3.42. The molecule has 0 amide bonds. The zero-order valence-corrected chi connectivity index (χ0v) is 11.9. The van der Waals surface area contributed by atoms with E-state index >= 15 is 0 Å². The van der Waals surface area contributed by atoms with Gasteiger partial charge in [0.25, 0.3) is 0 Å². The van der Waals surface area contributed by atoms with Crippen LogP contribution in [0, 0.1) is 0 Å². The molecule has 3 rings (SSSR count). The minimum Gasteiger partial charge on any atom is -0.361 e. The molecule has 0 saturated carbocycles. The first-order valence-corrected chi connectivity index (χ1v) is 7.37. The number of hydrogen-bond acceptors (Lipinski definition) is 2. The Balaban J connectivity index is 1.46. The van der Waals surface area contributed by atoms with Gasteiger partial charge in [0, 0.05) is 41.8 Å². The maximum Gasteiger partial charge on any atom is 0.133 e. The molecule has 0 aliphatic rings. The highest BCUT2D eigenvalue weighted by atomic mass is 16.1. The maximum absolute atomic E-state index is 11.9. The highest BCUT2D eigenvalue weighted by molar-refractivity contribution is 5.83. The molecule has 21 heavy (non-hydrogen) atoms. The van der Waals surface area contributed by atoms with Crippen molar-refractivity contribution in [2.24, 2.45) is 0 Å². The van der Waals surface area contributed by atoms with E-state index in [1.165, 1.54) is 10.9 Å². The molecule has 0 atom stereocenters. The van der Waals surface area contributed by atoms with Crippen molar-refractivity contribution in [3.05, 3.63) is 54.2 Å². The molecule has 4 nitrogen and oxygen atoms in total. The van der Waals surface area contributed by atoms with Crippen LogP contribution in [-0.4, -0.2) is 20.7 Å². The largest absolute Gasteiger partial charge is 0.361 e. The number of benzene rings is 1. The molecule has 0 radical (unpaired) electrons. The molecule has 0 fully saturated rings. The first-order valence-electron chi connectivity index (χ1n) is 7.37. The third-order valence-corrected chi connectivity index (χ3v) is 3.80. The number of imidazole rings is 1. The Morgan fingerprint density at radius 1 is 1.10 bits per heavy atom. The number of nitrogens with one attached hydrogen (secondary N) is 2. The molecule has 2 heterocycles. The van der Waals surface area contributed by atoms with Gasteiger partial charge in [-0.05, 0) is 30.9 Å². The Bertz CT molecular complexity index is 713. The Kier molecular flexibility index (Phi) is 4.15. The van der Waals surface area contributed by atoms with Crippen LogP contribution in [0.4, 0.5) is 0 Å². The first-order chi connectivity index (χ1) is 10.3. The second kappa shape index (κ2) is 6.39. The lowest BCUT2D eigenvalue weighted by molar-refractivity contribution is -0.119. The molecule has 0 aliphatic carbocycles. The topological polar surface area (TPSA) is 61.5 Å². The number of aromatic nitrogens is 3. The fraction of sp³-hybridized carbons (Fsp3) is 0.294. The minimum atomic E-state index is 0.324. The van der Waals surface area contributed by atoms with E-state index in [1.54, 1.807) is 12.5 Å².